The SMILES string of the molecule is CC1C(=O)NC(C2CCCCC2)C(=O)N1CCC1CC1. The molecule has 3 fully saturated rings. The van der Waals surface area contributed by atoms with Crippen molar-refractivity contribution < 1.29 is 9.59 Å². The molecule has 112 valence electrons. The normalized spacial score (nSPS) is 32.4. The number of hydrogen-bond donors (Lipinski definition) is 1. The van der Waals surface area contributed by atoms with Gasteiger partial charge in [0.25, 0.3) is 0 Å². The predicted octanol–water partition coefficient (Wildman–Crippen LogP) is 2.08. The molecule has 2 amide bonds. The van der Waals surface area contributed by atoms with E-state index in [2.05, 4.69) is 5.32 Å². The van der Waals surface area contributed by atoms with Gasteiger partial charge in [0.15, 0.2) is 0 Å². The second-order valence-electron chi connectivity index (χ2n) is 6.82. The molecule has 0 spiro atoms. The van der Waals surface area contributed by atoms with Crippen molar-refractivity contribution in [2.45, 2.75) is 70.4 Å². The van der Waals surface area contributed by atoms with Crippen LogP contribution in [-0.2, 0) is 9.59 Å². The molecule has 1 heterocycles. The van der Waals surface area contributed by atoms with Crippen LogP contribution in [0.15, 0.2) is 0 Å². The summed E-state index contributed by atoms with van der Waals surface area (Å²) >= 11 is 0. The van der Waals surface area contributed by atoms with E-state index in [0.29, 0.717) is 5.92 Å². The molecule has 2 aliphatic carbocycles. The first-order valence-corrected chi connectivity index (χ1v) is 8.27. The van der Waals surface area contributed by atoms with Crippen LogP contribution in [0.3, 0.4) is 0 Å². The van der Waals surface area contributed by atoms with Gasteiger partial charge in [0.2, 0.25) is 11.8 Å². The second-order valence-corrected chi connectivity index (χ2v) is 6.82. The Bertz CT molecular complexity index is 386. The molecule has 2 saturated carbocycles. The minimum atomic E-state index is -0.291. The highest BCUT2D eigenvalue weighted by atomic mass is 16.2. The lowest BCUT2D eigenvalue weighted by Crippen LogP contribution is -2.64. The molecule has 2 unspecified atom stereocenters. The zero-order valence-electron chi connectivity index (χ0n) is 12.4. The first-order chi connectivity index (χ1) is 9.66. The molecule has 1 N–H and O–H groups in total. The number of nitrogens with zero attached hydrogens (tertiary/aromatic N) is 1. The zero-order valence-corrected chi connectivity index (χ0v) is 12.4. The van der Waals surface area contributed by atoms with Crippen molar-refractivity contribution in [2.24, 2.45) is 11.8 Å². The Balaban J connectivity index is 1.67. The van der Waals surface area contributed by atoms with Crippen LogP contribution in [0.2, 0.25) is 0 Å². The van der Waals surface area contributed by atoms with Gasteiger partial charge in [-0.05, 0) is 38.0 Å². The van der Waals surface area contributed by atoms with Crippen LogP contribution in [0.1, 0.15) is 58.3 Å². The maximum Gasteiger partial charge on any atom is 0.246 e. The van der Waals surface area contributed by atoms with Gasteiger partial charge in [0.1, 0.15) is 12.1 Å². The Kier molecular flexibility index (Phi) is 3.99. The molecule has 4 nitrogen and oxygen atoms in total. The zero-order chi connectivity index (χ0) is 14.1. The van der Waals surface area contributed by atoms with E-state index in [-0.39, 0.29) is 23.9 Å². The fraction of sp³-hybridized carbons (Fsp3) is 0.875. The molecule has 4 heteroatoms. The van der Waals surface area contributed by atoms with Crippen molar-refractivity contribution in [3.05, 3.63) is 0 Å². The second kappa shape index (κ2) is 5.74. The average Bonchev–Trinajstić information content (AvgIpc) is 3.28. The molecule has 2 atom stereocenters. The number of carbonyl (C=O) groups excluding carboxylic acids is 2. The van der Waals surface area contributed by atoms with E-state index < -0.39 is 0 Å². The molecular weight excluding hydrogens is 252 g/mol. The van der Waals surface area contributed by atoms with Gasteiger partial charge in [0.05, 0.1) is 0 Å². The van der Waals surface area contributed by atoms with Crippen molar-refractivity contribution in [1.82, 2.24) is 10.2 Å². The Morgan fingerprint density at radius 3 is 2.45 bits per heavy atom. The van der Waals surface area contributed by atoms with E-state index in [1.807, 2.05) is 11.8 Å². The summed E-state index contributed by atoms with van der Waals surface area (Å²) in [4.78, 5) is 26.7. The first-order valence-electron chi connectivity index (χ1n) is 8.27. The summed E-state index contributed by atoms with van der Waals surface area (Å²) < 4.78 is 0. The van der Waals surface area contributed by atoms with Gasteiger partial charge < -0.3 is 10.2 Å². The van der Waals surface area contributed by atoms with Crippen LogP contribution < -0.4 is 5.32 Å². The first kappa shape index (κ1) is 13.9. The molecule has 0 aromatic carbocycles. The average molecular weight is 278 g/mol. The predicted molar refractivity (Wildman–Crippen MR) is 77.0 cm³/mol. The Labute approximate surface area is 121 Å². The van der Waals surface area contributed by atoms with E-state index in [1.165, 1.54) is 32.1 Å². The fourth-order valence-corrected chi connectivity index (χ4v) is 3.67. The minimum absolute atomic E-state index is 0.0379. The molecular formula is C16H26N2O2. The quantitative estimate of drug-likeness (QED) is 0.856. The van der Waals surface area contributed by atoms with Gasteiger partial charge in [0, 0.05) is 6.54 Å². The van der Waals surface area contributed by atoms with Crippen LogP contribution in [0, 0.1) is 11.8 Å². The summed E-state index contributed by atoms with van der Waals surface area (Å²) in [5.41, 5.74) is 0. The molecule has 1 saturated heterocycles. The standard InChI is InChI=1S/C16H26N2O2/c1-11-15(19)17-14(13-5-3-2-4-6-13)16(20)18(11)10-9-12-7-8-12/h11-14H,2-10H2,1H3,(H,17,19). The Morgan fingerprint density at radius 1 is 1.10 bits per heavy atom. The third kappa shape index (κ3) is 2.84. The molecule has 1 aliphatic heterocycles. The lowest BCUT2D eigenvalue weighted by molar-refractivity contribution is -0.150. The van der Waals surface area contributed by atoms with Crippen LogP contribution in [0.5, 0.6) is 0 Å². The smallest absolute Gasteiger partial charge is 0.246 e. The highest BCUT2D eigenvalue weighted by Gasteiger charge is 2.42. The lowest BCUT2D eigenvalue weighted by Gasteiger charge is -2.41. The maximum absolute atomic E-state index is 12.7. The largest absolute Gasteiger partial charge is 0.342 e. The summed E-state index contributed by atoms with van der Waals surface area (Å²) in [5.74, 6) is 1.37. The van der Waals surface area contributed by atoms with Crippen molar-refractivity contribution >= 4 is 11.8 Å². The molecule has 0 bridgehead atoms. The van der Waals surface area contributed by atoms with E-state index in [4.69, 9.17) is 0 Å². The van der Waals surface area contributed by atoms with Gasteiger partial charge in [-0.25, -0.2) is 0 Å². The van der Waals surface area contributed by atoms with E-state index in [0.717, 1.165) is 31.7 Å². The van der Waals surface area contributed by atoms with Crippen LogP contribution in [-0.4, -0.2) is 35.3 Å². The number of carbonyl (C=O) groups is 2. The molecule has 3 aliphatic rings. The topological polar surface area (TPSA) is 49.4 Å². The summed E-state index contributed by atoms with van der Waals surface area (Å²) in [5, 5.41) is 2.99. The van der Waals surface area contributed by atoms with Gasteiger partial charge in [-0.1, -0.05) is 32.1 Å². The summed E-state index contributed by atoms with van der Waals surface area (Å²) in [7, 11) is 0. The molecule has 3 rings (SSSR count). The summed E-state index contributed by atoms with van der Waals surface area (Å²) in [6, 6.07) is -0.542. The van der Waals surface area contributed by atoms with Gasteiger partial charge in [-0.3, -0.25) is 9.59 Å². The molecule has 0 radical (unpaired) electrons. The van der Waals surface area contributed by atoms with Crippen LogP contribution in [0.4, 0.5) is 0 Å². The molecule has 0 aromatic heterocycles. The minimum Gasteiger partial charge on any atom is -0.342 e. The number of hydrogen-bond acceptors (Lipinski definition) is 2. The number of rotatable bonds is 4. The highest BCUT2D eigenvalue weighted by Crippen LogP contribution is 2.34. The summed E-state index contributed by atoms with van der Waals surface area (Å²) in [6.45, 7) is 2.62. The van der Waals surface area contributed by atoms with Crippen molar-refractivity contribution in [2.75, 3.05) is 6.54 Å². The third-order valence-corrected chi connectivity index (χ3v) is 5.29. The fourth-order valence-electron chi connectivity index (χ4n) is 3.67. The van der Waals surface area contributed by atoms with Crippen molar-refractivity contribution in [3.8, 4) is 0 Å². The van der Waals surface area contributed by atoms with Gasteiger partial charge >= 0.3 is 0 Å². The molecule has 0 aromatic rings. The van der Waals surface area contributed by atoms with E-state index in [1.54, 1.807) is 0 Å². The lowest BCUT2D eigenvalue weighted by atomic mass is 9.82. The van der Waals surface area contributed by atoms with Gasteiger partial charge in [-0.15, -0.1) is 0 Å². The number of piperazine rings is 1. The Morgan fingerprint density at radius 2 is 1.80 bits per heavy atom. The highest BCUT2D eigenvalue weighted by molar-refractivity contribution is 5.96. The third-order valence-electron chi connectivity index (χ3n) is 5.29. The van der Waals surface area contributed by atoms with Crippen molar-refractivity contribution in [1.29, 1.82) is 0 Å². The van der Waals surface area contributed by atoms with E-state index in [9.17, 15) is 9.59 Å². The van der Waals surface area contributed by atoms with E-state index >= 15 is 0 Å². The van der Waals surface area contributed by atoms with Crippen LogP contribution >= 0.6 is 0 Å². The summed E-state index contributed by atoms with van der Waals surface area (Å²) in [6.07, 6.45) is 9.50. The maximum atomic E-state index is 12.7. The number of nitrogens with one attached hydrogen (secondary N) is 1. The van der Waals surface area contributed by atoms with Crippen LogP contribution in [0.25, 0.3) is 0 Å². The molecule has 20 heavy (non-hydrogen) atoms. The number of amides is 2. The van der Waals surface area contributed by atoms with Crippen molar-refractivity contribution in [3.63, 3.8) is 0 Å². The Hall–Kier alpha value is -1.06. The monoisotopic (exact) mass is 278 g/mol. The van der Waals surface area contributed by atoms with Gasteiger partial charge in [-0.2, -0.15) is 0 Å².